The number of ether oxygens (including phenoxy) is 2. The normalized spacial score (nSPS) is 17.0. The number of fused-ring (bicyclic) bond motifs is 1. The first-order chi connectivity index (χ1) is 12.0. The van der Waals surface area contributed by atoms with E-state index in [1.54, 1.807) is 26.4 Å². The van der Waals surface area contributed by atoms with Gasteiger partial charge in [0.2, 0.25) is 0 Å². The van der Waals surface area contributed by atoms with Gasteiger partial charge in [0.15, 0.2) is 11.5 Å². The maximum absolute atomic E-state index is 11.3. The molecule has 1 aliphatic heterocycles. The van der Waals surface area contributed by atoms with E-state index in [4.69, 9.17) is 9.47 Å². The summed E-state index contributed by atoms with van der Waals surface area (Å²) in [5.74, 6) is 1.40. The van der Waals surface area contributed by atoms with Crippen LogP contribution in [-0.2, 0) is 12.8 Å². The van der Waals surface area contributed by atoms with Crippen molar-refractivity contribution in [1.82, 2.24) is 4.90 Å². The molecule has 132 valence electrons. The standard InChI is InChI=1S/C19H22N2O4/c1-20-9-8-13-11-18(24-2)19(25-3)12-15(13)17(20)10-14-6-4-5-7-16(14)21(22)23/h4-7,11-12,17H,8-10H2,1-3H3/t17-/m0/s1. The number of hydrogen-bond acceptors (Lipinski definition) is 5. The summed E-state index contributed by atoms with van der Waals surface area (Å²) >= 11 is 0. The summed E-state index contributed by atoms with van der Waals surface area (Å²) in [6.07, 6.45) is 1.50. The number of hydrogen-bond donors (Lipinski definition) is 0. The van der Waals surface area contributed by atoms with E-state index in [-0.39, 0.29) is 16.7 Å². The molecular weight excluding hydrogens is 320 g/mol. The Labute approximate surface area is 147 Å². The Morgan fingerprint density at radius 1 is 1.20 bits per heavy atom. The number of nitrogens with zero attached hydrogens (tertiary/aromatic N) is 2. The van der Waals surface area contributed by atoms with Crippen molar-refractivity contribution in [2.45, 2.75) is 18.9 Å². The molecule has 0 amide bonds. The lowest BCUT2D eigenvalue weighted by Crippen LogP contribution is -2.33. The van der Waals surface area contributed by atoms with E-state index in [0.29, 0.717) is 12.2 Å². The molecule has 1 atom stereocenters. The van der Waals surface area contributed by atoms with Crippen LogP contribution in [0.5, 0.6) is 11.5 Å². The first-order valence-electron chi connectivity index (χ1n) is 8.22. The average molecular weight is 342 g/mol. The summed E-state index contributed by atoms with van der Waals surface area (Å²) in [5, 5.41) is 11.3. The zero-order valence-electron chi connectivity index (χ0n) is 14.7. The fourth-order valence-electron chi connectivity index (χ4n) is 3.49. The predicted molar refractivity (Wildman–Crippen MR) is 95.4 cm³/mol. The van der Waals surface area contributed by atoms with Crippen molar-refractivity contribution in [3.05, 3.63) is 63.2 Å². The Morgan fingerprint density at radius 3 is 2.56 bits per heavy atom. The molecule has 0 fully saturated rings. The lowest BCUT2D eigenvalue weighted by molar-refractivity contribution is -0.385. The molecule has 6 nitrogen and oxygen atoms in total. The number of para-hydroxylation sites is 1. The number of benzene rings is 2. The molecule has 2 aromatic rings. The lowest BCUT2D eigenvalue weighted by atomic mass is 9.88. The molecule has 0 spiro atoms. The molecule has 1 heterocycles. The SMILES string of the molecule is COc1cc2c(cc1OC)[C@H](Cc1ccccc1[N+](=O)[O-])N(C)CC2. The van der Waals surface area contributed by atoms with Crippen molar-refractivity contribution < 1.29 is 14.4 Å². The summed E-state index contributed by atoms with van der Waals surface area (Å²) < 4.78 is 10.9. The van der Waals surface area contributed by atoms with Crippen LogP contribution in [0.25, 0.3) is 0 Å². The molecule has 0 aliphatic carbocycles. The van der Waals surface area contributed by atoms with Crippen molar-refractivity contribution in [1.29, 1.82) is 0 Å². The van der Waals surface area contributed by atoms with Crippen LogP contribution < -0.4 is 9.47 Å². The highest BCUT2D eigenvalue weighted by atomic mass is 16.6. The van der Waals surface area contributed by atoms with Crippen LogP contribution in [-0.4, -0.2) is 37.6 Å². The molecule has 0 saturated heterocycles. The first kappa shape index (κ1) is 17.2. The van der Waals surface area contributed by atoms with Gasteiger partial charge in [-0.05, 0) is 43.1 Å². The molecule has 0 aromatic heterocycles. The highest BCUT2D eigenvalue weighted by molar-refractivity contribution is 5.50. The van der Waals surface area contributed by atoms with Gasteiger partial charge in [0.05, 0.1) is 19.1 Å². The monoisotopic (exact) mass is 342 g/mol. The second kappa shape index (κ2) is 7.11. The van der Waals surface area contributed by atoms with Gasteiger partial charge in [0, 0.05) is 24.2 Å². The summed E-state index contributed by atoms with van der Waals surface area (Å²) in [6.45, 7) is 0.897. The van der Waals surface area contributed by atoms with Crippen LogP contribution in [0.2, 0.25) is 0 Å². The summed E-state index contributed by atoms with van der Waals surface area (Å²) in [4.78, 5) is 13.3. The highest BCUT2D eigenvalue weighted by Gasteiger charge is 2.29. The number of rotatable bonds is 5. The van der Waals surface area contributed by atoms with Crippen LogP contribution in [0.4, 0.5) is 5.69 Å². The Bertz CT molecular complexity index is 791. The third-order valence-corrected chi connectivity index (χ3v) is 4.87. The van der Waals surface area contributed by atoms with Gasteiger partial charge in [-0.25, -0.2) is 0 Å². The van der Waals surface area contributed by atoms with Gasteiger partial charge < -0.3 is 9.47 Å². The Hall–Kier alpha value is -2.60. The van der Waals surface area contributed by atoms with Crippen LogP contribution in [0.15, 0.2) is 36.4 Å². The van der Waals surface area contributed by atoms with Crippen molar-refractivity contribution in [3.8, 4) is 11.5 Å². The quantitative estimate of drug-likeness (QED) is 0.616. The van der Waals surface area contributed by atoms with E-state index in [1.165, 1.54) is 5.56 Å². The Kier molecular flexibility index (Phi) is 4.90. The maximum Gasteiger partial charge on any atom is 0.272 e. The van der Waals surface area contributed by atoms with E-state index in [1.807, 2.05) is 24.3 Å². The minimum atomic E-state index is -0.312. The number of nitro groups is 1. The van der Waals surface area contributed by atoms with Crippen molar-refractivity contribution in [3.63, 3.8) is 0 Å². The molecule has 0 saturated carbocycles. The average Bonchev–Trinajstić information content (AvgIpc) is 2.63. The number of likely N-dealkylation sites (N-methyl/N-ethyl adjacent to an activating group) is 1. The van der Waals surface area contributed by atoms with Gasteiger partial charge in [-0.3, -0.25) is 15.0 Å². The van der Waals surface area contributed by atoms with Gasteiger partial charge in [0.1, 0.15) is 0 Å². The van der Waals surface area contributed by atoms with Gasteiger partial charge in [-0.15, -0.1) is 0 Å². The molecule has 6 heteroatoms. The molecule has 1 aliphatic rings. The smallest absolute Gasteiger partial charge is 0.272 e. The minimum absolute atomic E-state index is 0.0599. The molecule has 0 bridgehead atoms. The second-order valence-corrected chi connectivity index (χ2v) is 6.24. The molecule has 0 radical (unpaired) electrons. The summed E-state index contributed by atoms with van der Waals surface area (Å²) in [6, 6.07) is 11.0. The third kappa shape index (κ3) is 3.30. The van der Waals surface area contributed by atoms with Crippen molar-refractivity contribution >= 4 is 5.69 Å². The second-order valence-electron chi connectivity index (χ2n) is 6.24. The van der Waals surface area contributed by atoms with Gasteiger partial charge in [-0.2, -0.15) is 0 Å². The summed E-state index contributed by atoms with van der Waals surface area (Å²) in [7, 11) is 5.30. The zero-order chi connectivity index (χ0) is 18.0. The Morgan fingerprint density at radius 2 is 1.88 bits per heavy atom. The third-order valence-electron chi connectivity index (χ3n) is 4.87. The van der Waals surface area contributed by atoms with E-state index < -0.39 is 0 Å². The van der Waals surface area contributed by atoms with E-state index in [9.17, 15) is 10.1 Å². The van der Waals surface area contributed by atoms with Crippen LogP contribution in [0, 0.1) is 10.1 Å². The number of nitro benzene ring substituents is 1. The fraction of sp³-hybridized carbons (Fsp3) is 0.368. The molecular formula is C19H22N2O4. The van der Waals surface area contributed by atoms with Gasteiger partial charge >= 0.3 is 0 Å². The van der Waals surface area contributed by atoms with Crippen molar-refractivity contribution in [2.24, 2.45) is 0 Å². The zero-order valence-corrected chi connectivity index (χ0v) is 14.7. The molecule has 3 rings (SSSR count). The number of methoxy groups -OCH3 is 2. The minimum Gasteiger partial charge on any atom is -0.493 e. The van der Waals surface area contributed by atoms with Crippen LogP contribution in [0.3, 0.4) is 0 Å². The van der Waals surface area contributed by atoms with Gasteiger partial charge in [0.25, 0.3) is 5.69 Å². The molecule has 0 unspecified atom stereocenters. The molecule has 2 aromatic carbocycles. The van der Waals surface area contributed by atoms with Crippen LogP contribution in [0.1, 0.15) is 22.7 Å². The highest BCUT2D eigenvalue weighted by Crippen LogP contribution is 2.39. The van der Waals surface area contributed by atoms with E-state index in [0.717, 1.165) is 29.8 Å². The van der Waals surface area contributed by atoms with Gasteiger partial charge in [-0.1, -0.05) is 18.2 Å². The topological polar surface area (TPSA) is 64.8 Å². The first-order valence-corrected chi connectivity index (χ1v) is 8.22. The van der Waals surface area contributed by atoms with E-state index in [2.05, 4.69) is 11.9 Å². The lowest BCUT2D eigenvalue weighted by Gasteiger charge is -2.35. The summed E-state index contributed by atoms with van der Waals surface area (Å²) in [5.41, 5.74) is 3.26. The molecule has 0 N–H and O–H groups in total. The van der Waals surface area contributed by atoms with Crippen LogP contribution >= 0.6 is 0 Å². The van der Waals surface area contributed by atoms with E-state index >= 15 is 0 Å². The maximum atomic E-state index is 11.3. The van der Waals surface area contributed by atoms with Crippen molar-refractivity contribution in [2.75, 3.05) is 27.8 Å². The predicted octanol–water partition coefficient (Wildman–Crippen LogP) is 3.38. The molecule has 25 heavy (non-hydrogen) atoms. The largest absolute Gasteiger partial charge is 0.493 e. The fourth-order valence-corrected chi connectivity index (χ4v) is 3.49. The Balaban J connectivity index is 2.02.